The fourth-order valence-corrected chi connectivity index (χ4v) is 2.56. The predicted molar refractivity (Wildman–Crippen MR) is 98.7 cm³/mol. The molecule has 0 radical (unpaired) electrons. The number of aryl methyl sites for hydroxylation is 1. The monoisotopic (exact) mass is 340 g/mol. The minimum atomic E-state index is -0.125. The number of rotatable bonds is 7. The number of amides is 2. The first-order chi connectivity index (χ1) is 12.0. The van der Waals surface area contributed by atoms with E-state index >= 15 is 0 Å². The Morgan fingerprint density at radius 1 is 1.12 bits per heavy atom. The highest BCUT2D eigenvalue weighted by molar-refractivity contribution is 5.94. The molecule has 0 unspecified atom stereocenters. The van der Waals surface area contributed by atoms with Crippen molar-refractivity contribution in [1.82, 2.24) is 5.32 Å². The Morgan fingerprint density at radius 3 is 2.48 bits per heavy atom. The minimum absolute atomic E-state index is 0.0956. The molecule has 132 valence electrons. The Morgan fingerprint density at radius 2 is 1.84 bits per heavy atom. The number of nitrogens with zero attached hydrogens (tertiary/aromatic N) is 1. The van der Waals surface area contributed by atoms with E-state index in [1.54, 1.807) is 12.0 Å². The van der Waals surface area contributed by atoms with Gasteiger partial charge in [0.15, 0.2) is 0 Å². The van der Waals surface area contributed by atoms with Crippen molar-refractivity contribution in [2.75, 3.05) is 18.6 Å². The van der Waals surface area contributed by atoms with Crippen molar-refractivity contribution in [2.24, 2.45) is 0 Å². The molecular formula is C20H24N2O3. The van der Waals surface area contributed by atoms with Crippen molar-refractivity contribution in [3.63, 3.8) is 0 Å². The molecule has 2 rings (SSSR count). The number of hydrogen-bond acceptors (Lipinski definition) is 3. The van der Waals surface area contributed by atoms with Crippen LogP contribution in [0.4, 0.5) is 5.69 Å². The molecule has 0 spiro atoms. The number of anilines is 1. The maximum Gasteiger partial charge on any atom is 0.223 e. The van der Waals surface area contributed by atoms with E-state index in [4.69, 9.17) is 4.74 Å². The summed E-state index contributed by atoms with van der Waals surface area (Å²) >= 11 is 0. The summed E-state index contributed by atoms with van der Waals surface area (Å²) in [5.41, 5.74) is 2.75. The van der Waals surface area contributed by atoms with Crippen molar-refractivity contribution < 1.29 is 14.3 Å². The molecule has 2 aromatic carbocycles. The molecule has 0 aliphatic rings. The second kappa shape index (κ2) is 8.87. The van der Waals surface area contributed by atoms with Gasteiger partial charge in [-0.05, 0) is 30.2 Å². The molecule has 0 saturated carbocycles. The van der Waals surface area contributed by atoms with Crippen molar-refractivity contribution in [3.8, 4) is 5.75 Å². The van der Waals surface area contributed by atoms with E-state index < -0.39 is 0 Å². The van der Waals surface area contributed by atoms with Gasteiger partial charge in [-0.15, -0.1) is 0 Å². The topological polar surface area (TPSA) is 58.6 Å². The Hall–Kier alpha value is -2.82. The Balaban J connectivity index is 1.99. The summed E-state index contributed by atoms with van der Waals surface area (Å²) in [6.07, 6.45) is 0.226. The van der Waals surface area contributed by atoms with E-state index in [2.05, 4.69) is 5.32 Å². The quantitative estimate of drug-likeness (QED) is 0.843. The molecule has 5 heteroatoms. The molecule has 2 amide bonds. The van der Waals surface area contributed by atoms with Gasteiger partial charge in [-0.2, -0.15) is 0 Å². The van der Waals surface area contributed by atoms with Crippen LogP contribution in [0.15, 0.2) is 48.5 Å². The van der Waals surface area contributed by atoms with Crippen LogP contribution < -0.4 is 15.0 Å². The fourth-order valence-electron chi connectivity index (χ4n) is 2.56. The molecule has 25 heavy (non-hydrogen) atoms. The first kappa shape index (κ1) is 18.5. The van der Waals surface area contributed by atoms with Crippen LogP contribution in [-0.4, -0.2) is 25.5 Å². The van der Waals surface area contributed by atoms with Gasteiger partial charge in [-0.25, -0.2) is 0 Å². The molecule has 0 aliphatic heterocycles. The first-order valence-corrected chi connectivity index (χ1v) is 8.24. The van der Waals surface area contributed by atoms with E-state index in [0.717, 1.165) is 11.1 Å². The SMILES string of the molecule is COc1ccc(C)cc1N(CCC(=O)NCc1ccccc1)C(C)=O. The van der Waals surface area contributed by atoms with Gasteiger partial charge in [0.05, 0.1) is 12.8 Å². The van der Waals surface area contributed by atoms with Crippen LogP contribution in [0.25, 0.3) is 0 Å². The number of carbonyl (C=O) groups is 2. The lowest BCUT2D eigenvalue weighted by atomic mass is 10.1. The van der Waals surface area contributed by atoms with Crippen molar-refractivity contribution >= 4 is 17.5 Å². The second-order valence-corrected chi connectivity index (χ2v) is 5.86. The number of nitrogens with one attached hydrogen (secondary N) is 1. The van der Waals surface area contributed by atoms with Crippen LogP contribution in [0.3, 0.4) is 0 Å². The smallest absolute Gasteiger partial charge is 0.223 e. The van der Waals surface area contributed by atoms with Crippen LogP contribution >= 0.6 is 0 Å². The van der Waals surface area contributed by atoms with Crippen LogP contribution in [0.2, 0.25) is 0 Å². The lowest BCUT2D eigenvalue weighted by Gasteiger charge is -2.23. The number of ether oxygens (including phenoxy) is 1. The molecular weight excluding hydrogens is 316 g/mol. The molecule has 5 nitrogen and oxygen atoms in total. The van der Waals surface area contributed by atoms with Gasteiger partial charge < -0.3 is 15.0 Å². The second-order valence-electron chi connectivity index (χ2n) is 5.86. The third-order valence-corrected chi connectivity index (χ3v) is 3.90. The van der Waals surface area contributed by atoms with Gasteiger partial charge in [0.2, 0.25) is 11.8 Å². The highest BCUT2D eigenvalue weighted by Crippen LogP contribution is 2.29. The standard InChI is InChI=1S/C20H24N2O3/c1-15-9-10-19(25-3)18(13-15)22(16(2)23)12-11-20(24)21-14-17-7-5-4-6-8-17/h4-10,13H,11-12,14H2,1-3H3,(H,21,24). The fraction of sp³-hybridized carbons (Fsp3) is 0.300. The summed E-state index contributed by atoms with van der Waals surface area (Å²) in [5, 5.41) is 2.88. The van der Waals surface area contributed by atoms with E-state index in [1.165, 1.54) is 6.92 Å². The minimum Gasteiger partial charge on any atom is -0.495 e. The lowest BCUT2D eigenvalue weighted by Crippen LogP contribution is -2.34. The van der Waals surface area contributed by atoms with Crippen LogP contribution in [0.5, 0.6) is 5.75 Å². The summed E-state index contributed by atoms with van der Waals surface area (Å²) in [6.45, 7) is 4.22. The molecule has 0 heterocycles. The molecule has 0 bridgehead atoms. The predicted octanol–water partition coefficient (Wildman–Crippen LogP) is 3.06. The van der Waals surface area contributed by atoms with Crippen molar-refractivity contribution in [3.05, 3.63) is 59.7 Å². The Kier molecular flexibility index (Phi) is 6.57. The van der Waals surface area contributed by atoms with Crippen LogP contribution in [0.1, 0.15) is 24.5 Å². The maximum atomic E-state index is 12.1. The Labute approximate surface area is 148 Å². The van der Waals surface area contributed by atoms with Gasteiger partial charge in [0.1, 0.15) is 5.75 Å². The highest BCUT2D eigenvalue weighted by atomic mass is 16.5. The molecule has 1 N–H and O–H groups in total. The van der Waals surface area contributed by atoms with Gasteiger partial charge in [-0.3, -0.25) is 9.59 Å². The number of methoxy groups -OCH3 is 1. The van der Waals surface area contributed by atoms with E-state index in [9.17, 15) is 9.59 Å². The van der Waals surface area contributed by atoms with E-state index in [-0.39, 0.29) is 18.2 Å². The van der Waals surface area contributed by atoms with E-state index in [0.29, 0.717) is 24.5 Å². The van der Waals surface area contributed by atoms with Crippen LogP contribution in [0, 0.1) is 6.92 Å². The molecule has 0 saturated heterocycles. The van der Waals surface area contributed by atoms with Gasteiger partial charge in [0.25, 0.3) is 0 Å². The number of carbonyl (C=O) groups excluding carboxylic acids is 2. The summed E-state index contributed by atoms with van der Waals surface area (Å²) in [6, 6.07) is 15.4. The maximum absolute atomic E-state index is 12.1. The zero-order chi connectivity index (χ0) is 18.2. The number of hydrogen-bond donors (Lipinski definition) is 1. The average molecular weight is 340 g/mol. The summed E-state index contributed by atoms with van der Waals surface area (Å²) in [7, 11) is 1.57. The third-order valence-electron chi connectivity index (χ3n) is 3.90. The molecule has 0 aromatic heterocycles. The molecule has 2 aromatic rings. The largest absolute Gasteiger partial charge is 0.495 e. The zero-order valence-corrected chi connectivity index (χ0v) is 14.9. The van der Waals surface area contributed by atoms with Gasteiger partial charge in [0, 0.05) is 26.4 Å². The summed E-state index contributed by atoms with van der Waals surface area (Å²) in [4.78, 5) is 25.7. The lowest BCUT2D eigenvalue weighted by molar-refractivity contribution is -0.121. The van der Waals surface area contributed by atoms with E-state index in [1.807, 2.05) is 55.5 Å². The highest BCUT2D eigenvalue weighted by Gasteiger charge is 2.17. The average Bonchev–Trinajstić information content (AvgIpc) is 2.61. The summed E-state index contributed by atoms with van der Waals surface area (Å²) in [5.74, 6) is 0.395. The molecule has 0 atom stereocenters. The Bertz CT molecular complexity index is 729. The van der Waals surface area contributed by atoms with Crippen molar-refractivity contribution in [2.45, 2.75) is 26.8 Å². The van der Waals surface area contributed by atoms with Crippen molar-refractivity contribution in [1.29, 1.82) is 0 Å². The molecule has 0 fully saturated rings. The van der Waals surface area contributed by atoms with Crippen LogP contribution in [-0.2, 0) is 16.1 Å². The third kappa shape index (κ3) is 5.35. The normalized spacial score (nSPS) is 10.2. The summed E-state index contributed by atoms with van der Waals surface area (Å²) < 4.78 is 5.35. The first-order valence-electron chi connectivity index (χ1n) is 8.24. The number of benzene rings is 2. The van der Waals surface area contributed by atoms with Gasteiger partial charge >= 0.3 is 0 Å². The molecule has 0 aliphatic carbocycles. The zero-order valence-electron chi connectivity index (χ0n) is 14.9. The van der Waals surface area contributed by atoms with Gasteiger partial charge in [-0.1, -0.05) is 36.4 Å².